The van der Waals surface area contributed by atoms with Crippen molar-refractivity contribution in [1.29, 1.82) is 5.26 Å². The van der Waals surface area contributed by atoms with E-state index in [2.05, 4.69) is 27.0 Å². The first-order valence-corrected chi connectivity index (χ1v) is 10.3. The third kappa shape index (κ3) is 4.20. The fourth-order valence-electron chi connectivity index (χ4n) is 3.69. The zero-order valence-electron chi connectivity index (χ0n) is 17.4. The van der Waals surface area contributed by atoms with Crippen molar-refractivity contribution in [3.05, 3.63) is 42.4 Å². The Kier molecular flexibility index (Phi) is 6.20. The molecule has 1 saturated heterocycles. The summed E-state index contributed by atoms with van der Waals surface area (Å²) in [6.45, 7) is 2.84. The van der Waals surface area contributed by atoms with Crippen LogP contribution in [0.25, 0.3) is 16.6 Å². The molecule has 1 amide bonds. The normalized spacial score (nSPS) is 13.6. The highest BCUT2D eigenvalue weighted by Crippen LogP contribution is 2.31. The standard InChI is InChI=1S/C23H22N6O3/c1-2-22(31)28-8-6-27(7-9-28)21-5-4-17(14-25-21)20-12-19(32-11-3-10-30)16-29-23(20)18(13-24)15-26-29/h1,4-5,12,14-16,30H,3,6-11H2. The molecule has 0 radical (unpaired) electrons. The second-order valence-electron chi connectivity index (χ2n) is 7.31. The minimum absolute atomic E-state index is 0.0476. The Morgan fingerprint density at radius 2 is 2.06 bits per heavy atom. The van der Waals surface area contributed by atoms with Gasteiger partial charge in [-0.05, 0) is 24.1 Å². The Balaban J connectivity index is 1.60. The molecule has 1 fully saturated rings. The number of ether oxygens (including phenoxy) is 1. The lowest BCUT2D eigenvalue weighted by atomic mass is 10.1. The largest absolute Gasteiger partial charge is 0.492 e. The maximum Gasteiger partial charge on any atom is 0.298 e. The summed E-state index contributed by atoms with van der Waals surface area (Å²) >= 11 is 0. The van der Waals surface area contributed by atoms with Gasteiger partial charge in [-0.1, -0.05) is 0 Å². The number of aliphatic hydroxyl groups is 1. The number of terminal acetylenes is 1. The van der Waals surface area contributed by atoms with E-state index in [-0.39, 0.29) is 12.5 Å². The average Bonchev–Trinajstić information content (AvgIpc) is 3.26. The van der Waals surface area contributed by atoms with Crippen LogP contribution in [-0.2, 0) is 4.79 Å². The van der Waals surface area contributed by atoms with Crippen molar-refractivity contribution < 1.29 is 14.6 Å². The molecule has 1 N–H and O–H groups in total. The van der Waals surface area contributed by atoms with Crippen LogP contribution in [-0.4, -0.2) is 69.9 Å². The lowest BCUT2D eigenvalue weighted by Gasteiger charge is -2.34. The summed E-state index contributed by atoms with van der Waals surface area (Å²) in [5.41, 5.74) is 2.74. The lowest BCUT2D eigenvalue weighted by molar-refractivity contribution is -0.125. The SMILES string of the molecule is C#CC(=O)N1CCN(c2ccc(-c3cc(OCCCO)cn4ncc(C#N)c34)cn2)CC1. The first-order valence-electron chi connectivity index (χ1n) is 10.3. The zero-order valence-corrected chi connectivity index (χ0v) is 17.4. The van der Waals surface area contributed by atoms with Gasteiger partial charge in [0.2, 0.25) is 0 Å². The van der Waals surface area contributed by atoms with E-state index in [0.29, 0.717) is 56.0 Å². The molecule has 1 aliphatic rings. The molecule has 32 heavy (non-hydrogen) atoms. The van der Waals surface area contributed by atoms with E-state index >= 15 is 0 Å². The Morgan fingerprint density at radius 1 is 1.25 bits per heavy atom. The number of piperazine rings is 1. The summed E-state index contributed by atoms with van der Waals surface area (Å²) in [5.74, 6) is 3.27. The molecule has 4 rings (SSSR count). The number of amides is 1. The molecule has 3 aromatic heterocycles. The second kappa shape index (κ2) is 9.38. The van der Waals surface area contributed by atoms with E-state index in [0.717, 1.165) is 16.9 Å². The molecule has 9 nitrogen and oxygen atoms in total. The number of carbonyl (C=O) groups excluding carboxylic acids is 1. The number of aliphatic hydroxyl groups excluding tert-OH is 1. The van der Waals surface area contributed by atoms with Crippen LogP contribution in [0.5, 0.6) is 5.75 Å². The van der Waals surface area contributed by atoms with Crippen LogP contribution < -0.4 is 9.64 Å². The molecular weight excluding hydrogens is 408 g/mol. The predicted molar refractivity (Wildman–Crippen MR) is 118 cm³/mol. The van der Waals surface area contributed by atoms with Gasteiger partial charge in [-0.15, -0.1) is 6.42 Å². The summed E-state index contributed by atoms with van der Waals surface area (Å²) < 4.78 is 7.36. The van der Waals surface area contributed by atoms with Gasteiger partial charge in [0.05, 0.1) is 30.1 Å². The fraction of sp³-hybridized carbons (Fsp3) is 0.304. The monoisotopic (exact) mass is 430 g/mol. The number of pyridine rings is 2. The second-order valence-corrected chi connectivity index (χ2v) is 7.31. The van der Waals surface area contributed by atoms with Crippen molar-refractivity contribution in [2.24, 2.45) is 0 Å². The zero-order chi connectivity index (χ0) is 22.5. The van der Waals surface area contributed by atoms with Gasteiger partial charge >= 0.3 is 0 Å². The van der Waals surface area contributed by atoms with Crippen LogP contribution in [0.15, 0.2) is 36.8 Å². The van der Waals surface area contributed by atoms with Crippen LogP contribution in [0.2, 0.25) is 0 Å². The summed E-state index contributed by atoms with van der Waals surface area (Å²) in [6.07, 6.45) is 10.7. The predicted octanol–water partition coefficient (Wildman–Crippen LogP) is 1.31. The van der Waals surface area contributed by atoms with Gasteiger partial charge in [-0.3, -0.25) is 4.79 Å². The van der Waals surface area contributed by atoms with Crippen LogP contribution >= 0.6 is 0 Å². The number of nitrogens with zero attached hydrogens (tertiary/aromatic N) is 6. The quantitative estimate of drug-likeness (QED) is 0.464. The van der Waals surface area contributed by atoms with Crippen molar-refractivity contribution in [2.75, 3.05) is 44.3 Å². The number of hydrogen-bond acceptors (Lipinski definition) is 7. The van der Waals surface area contributed by atoms with Crippen LogP contribution in [0, 0.1) is 23.7 Å². The number of nitriles is 1. The molecule has 0 atom stereocenters. The van der Waals surface area contributed by atoms with Crippen LogP contribution in [0.3, 0.4) is 0 Å². The van der Waals surface area contributed by atoms with Gasteiger partial charge in [-0.2, -0.15) is 10.4 Å². The molecule has 0 bridgehead atoms. The van der Waals surface area contributed by atoms with Gasteiger partial charge in [0.15, 0.2) is 0 Å². The number of rotatable bonds is 6. The topological polar surface area (TPSA) is 107 Å². The van der Waals surface area contributed by atoms with Crippen molar-refractivity contribution >= 4 is 17.2 Å². The number of fused-ring (bicyclic) bond motifs is 1. The number of aromatic nitrogens is 3. The van der Waals surface area contributed by atoms with E-state index < -0.39 is 0 Å². The fourth-order valence-corrected chi connectivity index (χ4v) is 3.69. The minimum atomic E-state index is -0.285. The van der Waals surface area contributed by atoms with Gasteiger partial charge in [0, 0.05) is 56.5 Å². The van der Waals surface area contributed by atoms with Crippen molar-refractivity contribution in [1.82, 2.24) is 19.5 Å². The number of anilines is 1. The molecule has 4 heterocycles. The van der Waals surface area contributed by atoms with Crippen molar-refractivity contribution in [3.63, 3.8) is 0 Å². The van der Waals surface area contributed by atoms with E-state index in [1.807, 2.05) is 18.2 Å². The van der Waals surface area contributed by atoms with E-state index in [1.165, 1.54) is 6.20 Å². The summed E-state index contributed by atoms with van der Waals surface area (Å²) in [4.78, 5) is 20.0. The van der Waals surface area contributed by atoms with Gasteiger partial charge in [-0.25, -0.2) is 9.50 Å². The molecule has 0 aromatic carbocycles. The molecule has 1 aliphatic heterocycles. The van der Waals surface area contributed by atoms with Crippen LogP contribution in [0.4, 0.5) is 5.82 Å². The average molecular weight is 430 g/mol. The highest BCUT2D eigenvalue weighted by molar-refractivity contribution is 5.93. The molecule has 9 heteroatoms. The lowest BCUT2D eigenvalue weighted by Crippen LogP contribution is -2.48. The molecular formula is C23H22N6O3. The van der Waals surface area contributed by atoms with E-state index in [1.54, 1.807) is 21.8 Å². The Bertz CT molecular complexity index is 1200. The number of carbonyl (C=O) groups is 1. The number of hydrogen-bond donors (Lipinski definition) is 1. The smallest absolute Gasteiger partial charge is 0.298 e. The first-order chi connectivity index (χ1) is 15.6. The van der Waals surface area contributed by atoms with Gasteiger partial charge in [0.25, 0.3) is 5.91 Å². The highest BCUT2D eigenvalue weighted by atomic mass is 16.5. The van der Waals surface area contributed by atoms with Crippen molar-refractivity contribution in [2.45, 2.75) is 6.42 Å². The maximum atomic E-state index is 11.7. The summed E-state index contributed by atoms with van der Waals surface area (Å²) in [6, 6.07) is 7.91. The molecule has 0 unspecified atom stereocenters. The van der Waals surface area contributed by atoms with Gasteiger partial charge < -0.3 is 19.6 Å². The third-order valence-electron chi connectivity index (χ3n) is 5.35. The molecule has 0 spiro atoms. The molecule has 162 valence electrons. The summed E-state index contributed by atoms with van der Waals surface area (Å²) in [7, 11) is 0. The Labute approximate surface area is 185 Å². The van der Waals surface area contributed by atoms with E-state index in [4.69, 9.17) is 16.3 Å². The minimum Gasteiger partial charge on any atom is -0.492 e. The highest BCUT2D eigenvalue weighted by Gasteiger charge is 2.21. The van der Waals surface area contributed by atoms with E-state index in [9.17, 15) is 10.1 Å². The summed E-state index contributed by atoms with van der Waals surface area (Å²) in [5, 5.41) is 22.8. The Hall–Kier alpha value is -4.08. The molecule has 3 aromatic rings. The van der Waals surface area contributed by atoms with Crippen LogP contribution in [0.1, 0.15) is 12.0 Å². The first kappa shape index (κ1) is 21.2. The van der Waals surface area contributed by atoms with Crippen molar-refractivity contribution in [3.8, 4) is 35.3 Å². The third-order valence-corrected chi connectivity index (χ3v) is 5.35. The van der Waals surface area contributed by atoms with Gasteiger partial charge in [0.1, 0.15) is 17.6 Å². The Morgan fingerprint density at radius 3 is 2.72 bits per heavy atom. The molecule has 0 saturated carbocycles. The maximum absolute atomic E-state index is 11.7. The molecule has 0 aliphatic carbocycles.